The molecule has 1 aliphatic heterocycles. The molecule has 2 saturated carbocycles. The van der Waals surface area contributed by atoms with Gasteiger partial charge in [-0.1, -0.05) is 65.4 Å². The number of furan rings is 1. The number of hydrogen-bond donors (Lipinski definition) is 0. The van der Waals surface area contributed by atoms with Gasteiger partial charge in [-0.05, 0) is 66.8 Å². The van der Waals surface area contributed by atoms with Gasteiger partial charge in [0.25, 0.3) is 0 Å². The summed E-state index contributed by atoms with van der Waals surface area (Å²) in [7, 11) is 0. The van der Waals surface area contributed by atoms with Crippen molar-refractivity contribution in [2.24, 2.45) is 17.8 Å². The van der Waals surface area contributed by atoms with Crippen molar-refractivity contribution in [1.29, 1.82) is 0 Å². The number of thioether (sulfide) groups is 1. The van der Waals surface area contributed by atoms with Crippen molar-refractivity contribution in [3.63, 3.8) is 0 Å². The predicted molar refractivity (Wildman–Crippen MR) is 139 cm³/mol. The van der Waals surface area contributed by atoms with Crippen molar-refractivity contribution in [2.45, 2.75) is 42.0 Å². The summed E-state index contributed by atoms with van der Waals surface area (Å²) in [5, 5.41) is 2.41. The first kappa shape index (κ1) is 21.1. The summed E-state index contributed by atoms with van der Waals surface area (Å²) in [6, 6.07) is 22.3. The molecule has 5 atom stereocenters. The van der Waals surface area contributed by atoms with Crippen LogP contribution in [0.25, 0.3) is 11.3 Å². The van der Waals surface area contributed by atoms with E-state index in [-0.39, 0.29) is 10.8 Å². The second-order valence-corrected chi connectivity index (χ2v) is 12.3. The predicted octanol–water partition coefficient (Wildman–Crippen LogP) is 7.52. The molecule has 34 heavy (non-hydrogen) atoms. The third-order valence-corrected chi connectivity index (χ3v) is 11.1. The van der Waals surface area contributed by atoms with E-state index in [2.05, 4.69) is 18.2 Å². The molecule has 7 rings (SSSR count). The van der Waals surface area contributed by atoms with Gasteiger partial charge in [0.05, 0.1) is 27.4 Å². The molecule has 3 aliphatic rings. The van der Waals surface area contributed by atoms with E-state index >= 15 is 0 Å². The molecule has 2 bridgehead atoms. The Kier molecular flexibility index (Phi) is 5.08. The molecular formula is C28H24ClNO2S2. The summed E-state index contributed by atoms with van der Waals surface area (Å²) in [6.07, 6.45) is 3.93. The number of benzene rings is 2. The van der Waals surface area contributed by atoms with Gasteiger partial charge in [-0.25, -0.2) is 0 Å². The standard InChI is InChI=1S/C28H24ClNO2S2/c29-20-9-5-4-8-19(20)21-12-13-22(32-21)24-23-17-10-11-18(14-17)25(23)33-27-26(24)34-28(31)30(27)15-16-6-2-1-3-7-16/h1-9,12-13,17-18,23-25H,10-11,14-15H2/t17-,18-,23+,24-,25+/m0/s1. The number of hydrogen-bond acceptors (Lipinski definition) is 4. The second-order valence-electron chi connectivity index (χ2n) is 9.76. The molecule has 3 heterocycles. The van der Waals surface area contributed by atoms with Crippen LogP contribution in [-0.4, -0.2) is 9.82 Å². The van der Waals surface area contributed by atoms with Crippen molar-refractivity contribution in [3.05, 3.63) is 97.6 Å². The maximum atomic E-state index is 13.3. The minimum atomic E-state index is 0.136. The third-order valence-electron chi connectivity index (χ3n) is 7.95. The van der Waals surface area contributed by atoms with Crippen molar-refractivity contribution < 1.29 is 4.42 Å². The fourth-order valence-electron chi connectivity index (χ4n) is 6.50. The highest BCUT2D eigenvalue weighted by Crippen LogP contribution is 2.64. The molecule has 2 aromatic carbocycles. The number of halogens is 1. The van der Waals surface area contributed by atoms with Gasteiger partial charge in [-0.2, -0.15) is 0 Å². The minimum Gasteiger partial charge on any atom is -0.460 e. The lowest BCUT2D eigenvalue weighted by molar-refractivity contribution is 0.283. The molecule has 0 N–H and O–H groups in total. The van der Waals surface area contributed by atoms with Crippen LogP contribution in [0, 0.1) is 17.8 Å². The molecule has 0 radical (unpaired) electrons. The van der Waals surface area contributed by atoms with Crippen molar-refractivity contribution in [3.8, 4) is 11.3 Å². The van der Waals surface area contributed by atoms with Crippen LogP contribution in [0.3, 0.4) is 0 Å². The number of thiazole rings is 1. The van der Waals surface area contributed by atoms with Crippen LogP contribution in [0.1, 0.15) is 41.4 Å². The Labute approximate surface area is 211 Å². The average molecular weight is 506 g/mol. The van der Waals surface area contributed by atoms with Gasteiger partial charge in [-0.3, -0.25) is 9.36 Å². The Bertz CT molecular complexity index is 1420. The van der Waals surface area contributed by atoms with Crippen LogP contribution < -0.4 is 4.87 Å². The smallest absolute Gasteiger partial charge is 0.308 e. The van der Waals surface area contributed by atoms with Crippen LogP contribution in [0.2, 0.25) is 5.02 Å². The first-order valence-electron chi connectivity index (χ1n) is 12.0. The molecule has 2 aliphatic carbocycles. The zero-order chi connectivity index (χ0) is 22.8. The van der Waals surface area contributed by atoms with E-state index in [1.165, 1.54) is 35.5 Å². The topological polar surface area (TPSA) is 35.1 Å². The monoisotopic (exact) mass is 505 g/mol. The quantitative estimate of drug-likeness (QED) is 0.287. The molecule has 0 amide bonds. The molecule has 0 spiro atoms. The Morgan fingerprint density at radius 3 is 2.62 bits per heavy atom. The molecule has 2 aromatic heterocycles. The first-order chi connectivity index (χ1) is 16.7. The summed E-state index contributed by atoms with van der Waals surface area (Å²) >= 11 is 9.87. The maximum Gasteiger partial charge on any atom is 0.308 e. The summed E-state index contributed by atoms with van der Waals surface area (Å²) in [6.45, 7) is 0.625. The minimum absolute atomic E-state index is 0.136. The van der Waals surface area contributed by atoms with Gasteiger partial charge in [-0.15, -0.1) is 11.8 Å². The highest BCUT2D eigenvalue weighted by atomic mass is 35.5. The van der Waals surface area contributed by atoms with E-state index in [1.807, 2.05) is 64.9 Å². The number of nitrogens with zero attached hydrogens (tertiary/aromatic N) is 1. The maximum absolute atomic E-state index is 13.3. The van der Waals surface area contributed by atoms with E-state index in [0.29, 0.717) is 28.7 Å². The Morgan fingerprint density at radius 2 is 1.76 bits per heavy atom. The molecule has 3 nitrogen and oxygen atoms in total. The lowest BCUT2D eigenvalue weighted by Crippen LogP contribution is -2.34. The van der Waals surface area contributed by atoms with Gasteiger partial charge >= 0.3 is 4.87 Å². The zero-order valence-corrected chi connectivity index (χ0v) is 20.9. The van der Waals surface area contributed by atoms with E-state index in [0.717, 1.165) is 33.6 Å². The highest BCUT2D eigenvalue weighted by molar-refractivity contribution is 8.00. The van der Waals surface area contributed by atoms with E-state index in [4.69, 9.17) is 16.0 Å². The molecule has 2 fully saturated rings. The summed E-state index contributed by atoms with van der Waals surface area (Å²) in [5.74, 6) is 3.92. The number of aromatic nitrogens is 1. The first-order valence-corrected chi connectivity index (χ1v) is 14.0. The van der Waals surface area contributed by atoms with Crippen LogP contribution in [0.4, 0.5) is 0 Å². The molecule has 172 valence electrons. The average Bonchev–Trinajstić information content (AvgIpc) is 3.64. The van der Waals surface area contributed by atoms with E-state index < -0.39 is 0 Å². The Balaban J connectivity index is 1.35. The van der Waals surface area contributed by atoms with Crippen molar-refractivity contribution >= 4 is 34.7 Å². The lowest BCUT2D eigenvalue weighted by atomic mass is 9.77. The third kappa shape index (κ3) is 3.28. The number of rotatable bonds is 4. The molecular weight excluding hydrogens is 482 g/mol. The van der Waals surface area contributed by atoms with Crippen LogP contribution in [-0.2, 0) is 6.54 Å². The second kappa shape index (κ2) is 8.18. The Morgan fingerprint density at radius 1 is 0.971 bits per heavy atom. The largest absolute Gasteiger partial charge is 0.460 e. The fourth-order valence-corrected chi connectivity index (χ4v) is 9.86. The lowest BCUT2D eigenvalue weighted by Gasteiger charge is -2.39. The van der Waals surface area contributed by atoms with Gasteiger partial charge in [0.15, 0.2) is 0 Å². The van der Waals surface area contributed by atoms with Crippen LogP contribution >= 0.6 is 34.7 Å². The number of fused-ring (bicyclic) bond motifs is 6. The van der Waals surface area contributed by atoms with Gasteiger partial charge in [0, 0.05) is 10.8 Å². The normalized spacial score (nSPS) is 27.0. The van der Waals surface area contributed by atoms with Crippen LogP contribution in [0.15, 0.2) is 81.0 Å². The fraction of sp³-hybridized carbons (Fsp3) is 0.321. The molecule has 0 unspecified atom stereocenters. The van der Waals surface area contributed by atoms with E-state index in [9.17, 15) is 4.79 Å². The van der Waals surface area contributed by atoms with Crippen molar-refractivity contribution in [1.82, 2.24) is 4.57 Å². The molecule has 4 aromatic rings. The van der Waals surface area contributed by atoms with Gasteiger partial charge < -0.3 is 4.42 Å². The SMILES string of the molecule is O=c1sc2c(n1Cc1ccccc1)S[C@@H]1[C@H]3CC[C@@H](C3)[C@@H]1[C@@H]2c1ccc(-c2ccccc2Cl)o1. The van der Waals surface area contributed by atoms with Crippen LogP contribution in [0.5, 0.6) is 0 Å². The summed E-state index contributed by atoms with van der Waals surface area (Å²) in [5.41, 5.74) is 2.08. The summed E-state index contributed by atoms with van der Waals surface area (Å²) in [4.78, 5) is 14.6. The van der Waals surface area contributed by atoms with Gasteiger partial charge in [0.1, 0.15) is 11.5 Å². The summed E-state index contributed by atoms with van der Waals surface area (Å²) < 4.78 is 8.54. The van der Waals surface area contributed by atoms with Crippen molar-refractivity contribution in [2.75, 3.05) is 0 Å². The molecule has 6 heteroatoms. The van der Waals surface area contributed by atoms with Gasteiger partial charge in [0.2, 0.25) is 0 Å². The Hall–Kier alpha value is -2.21. The zero-order valence-electron chi connectivity index (χ0n) is 18.5. The van der Waals surface area contributed by atoms with E-state index in [1.54, 1.807) is 0 Å². The highest BCUT2D eigenvalue weighted by Gasteiger charge is 2.56. The molecule has 0 saturated heterocycles.